The molecule has 0 atom stereocenters. The van der Waals surface area contributed by atoms with Gasteiger partial charge >= 0.3 is 0 Å². The normalized spacial score (nSPS) is 11.2. The van der Waals surface area contributed by atoms with Gasteiger partial charge in [0.2, 0.25) is 0 Å². The van der Waals surface area contributed by atoms with Crippen LogP contribution >= 0.6 is 0 Å². The highest BCUT2D eigenvalue weighted by atomic mass is 19.1. The average Bonchev–Trinajstić information content (AvgIpc) is 3.01. The molecule has 0 nitrogen and oxygen atoms in total. The Balaban J connectivity index is 1.19. The highest BCUT2D eigenvalue weighted by Gasteiger charge is 2.07. The van der Waals surface area contributed by atoms with Gasteiger partial charge in [-0.2, -0.15) is 0 Å². The minimum Gasteiger partial charge on any atom is -0.207 e. The van der Waals surface area contributed by atoms with Crippen LogP contribution < -0.4 is 0 Å². The summed E-state index contributed by atoms with van der Waals surface area (Å²) in [4.78, 5) is 0. The molecule has 0 aliphatic rings. The minimum atomic E-state index is -0.216. The zero-order chi connectivity index (χ0) is 26.2. The van der Waals surface area contributed by atoms with Crippen molar-refractivity contribution in [1.82, 2.24) is 0 Å². The van der Waals surface area contributed by atoms with Gasteiger partial charge < -0.3 is 0 Å². The van der Waals surface area contributed by atoms with E-state index in [1.54, 1.807) is 0 Å². The lowest BCUT2D eigenvalue weighted by atomic mass is 9.94. The summed E-state index contributed by atoms with van der Waals surface area (Å²) in [6, 6.07) is 52.3. The van der Waals surface area contributed by atoms with Crippen LogP contribution in [0.15, 0.2) is 152 Å². The standard InChI is InChI=1S/C38H25F/c39-36-22-20-27(21-23-36)26-8-10-28(11-9-26)33-18-14-30-15-19-34(25-35(30)24-33)29-12-16-32(17-13-29)38-7-3-5-31-4-1-2-6-37(31)38/h1-25H. The van der Waals surface area contributed by atoms with Gasteiger partial charge in [-0.3, -0.25) is 0 Å². The molecule has 0 aliphatic heterocycles. The summed E-state index contributed by atoms with van der Waals surface area (Å²) in [6.07, 6.45) is 0. The SMILES string of the molecule is Fc1ccc(-c2ccc(-c3ccc4ccc(-c5ccc(-c6cccc7ccccc67)cc5)cc4c3)cc2)cc1. The molecule has 1 heteroatoms. The van der Waals surface area contributed by atoms with Crippen LogP contribution in [0.5, 0.6) is 0 Å². The van der Waals surface area contributed by atoms with Crippen molar-refractivity contribution in [3.8, 4) is 44.5 Å². The molecule has 0 aliphatic carbocycles. The lowest BCUT2D eigenvalue weighted by Gasteiger charge is -2.10. The second-order valence-electron chi connectivity index (χ2n) is 9.97. The van der Waals surface area contributed by atoms with Crippen molar-refractivity contribution in [1.29, 1.82) is 0 Å². The van der Waals surface area contributed by atoms with Crippen LogP contribution in [0.1, 0.15) is 0 Å². The summed E-state index contributed by atoms with van der Waals surface area (Å²) in [6.45, 7) is 0. The second kappa shape index (κ2) is 9.70. The molecule has 0 spiro atoms. The number of benzene rings is 7. The van der Waals surface area contributed by atoms with Gasteiger partial charge in [0.1, 0.15) is 5.82 Å². The summed E-state index contributed by atoms with van der Waals surface area (Å²) >= 11 is 0. The van der Waals surface area contributed by atoms with Crippen molar-refractivity contribution in [3.63, 3.8) is 0 Å². The second-order valence-corrected chi connectivity index (χ2v) is 9.97. The Morgan fingerprint density at radius 3 is 1.38 bits per heavy atom. The van der Waals surface area contributed by atoms with Gasteiger partial charge in [0.25, 0.3) is 0 Å². The number of halogens is 1. The molecular weight excluding hydrogens is 475 g/mol. The quantitative estimate of drug-likeness (QED) is 0.225. The third-order valence-electron chi connectivity index (χ3n) is 7.55. The van der Waals surface area contributed by atoms with Crippen LogP contribution in [-0.2, 0) is 0 Å². The van der Waals surface area contributed by atoms with Gasteiger partial charge in [0.05, 0.1) is 0 Å². The van der Waals surface area contributed by atoms with Crippen LogP contribution in [0, 0.1) is 5.82 Å². The zero-order valence-electron chi connectivity index (χ0n) is 21.3. The van der Waals surface area contributed by atoms with Gasteiger partial charge in [-0.05, 0) is 90.3 Å². The number of rotatable bonds is 4. The molecule has 0 heterocycles. The first-order valence-electron chi connectivity index (χ1n) is 13.2. The summed E-state index contributed by atoms with van der Waals surface area (Å²) in [7, 11) is 0. The molecule has 0 unspecified atom stereocenters. The maximum Gasteiger partial charge on any atom is 0.123 e. The fraction of sp³-hybridized carbons (Fsp3) is 0. The third-order valence-corrected chi connectivity index (χ3v) is 7.55. The fourth-order valence-electron chi connectivity index (χ4n) is 5.42. The summed E-state index contributed by atoms with van der Waals surface area (Å²) in [5.41, 5.74) is 9.32. The van der Waals surface area contributed by atoms with E-state index in [4.69, 9.17) is 0 Å². The highest BCUT2D eigenvalue weighted by molar-refractivity contribution is 5.97. The predicted molar refractivity (Wildman–Crippen MR) is 163 cm³/mol. The number of fused-ring (bicyclic) bond motifs is 2. The molecule has 0 fully saturated rings. The Morgan fingerprint density at radius 1 is 0.308 bits per heavy atom. The van der Waals surface area contributed by atoms with E-state index in [9.17, 15) is 4.39 Å². The van der Waals surface area contributed by atoms with Crippen molar-refractivity contribution >= 4 is 21.5 Å². The van der Waals surface area contributed by atoms with Gasteiger partial charge in [-0.25, -0.2) is 4.39 Å². The van der Waals surface area contributed by atoms with Gasteiger partial charge in [0.15, 0.2) is 0 Å². The van der Waals surface area contributed by atoms with E-state index in [1.165, 1.54) is 61.5 Å². The molecule has 0 amide bonds. The van der Waals surface area contributed by atoms with E-state index >= 15 is 0 Å². The van der Waals surface area contributed by atoms with Crippen molar-refractivity contribution in [2.45, 2.75) is 0 Å². The van der Waals surface area contributed by atoms with E-state index in [-0.39, 0.29) is 5.82 Å². The van der Waals surface area contributed by atoms with Gasteiger partial charge in [0, 0.05) is 0 Å². The van der Waals surface area contributed by atoms with Gasteiger partial charge in [-0.15, -0.1) is 0 Å². The summed E-state index contributed by atoms with van der Waals surface area (Å²) in [5, 5.41) is 4.97. The van der Waals surface area contributed by atoms with Crippen molar-refractivity contribution < 1.29 is 4.39 Å². The molecule has 39 heavy (non-hydrogen) atoms. The lowest BCUT2D eigenvalue weighted by molar-refractivity contribution is 0.628. The van der Waals surface area contributed by atoms with E-state index in [1.807, 2.05) is 12.1 Å². The van der Waals surface area contributed by atoms with E-state index in [2.05, 4.69) is 127 Å². The Bertz CT molecular complexity index is 1920. The van der Waals surface area contributed by atoms with E-state index in [0.29, 0.717) is 0 Å². The summed E-state index contributed by atoms with van der Waals surface area (Å²) < 4.78 is 13.3. The Kier molecular flexibility index (Phi) is 5.75. The molecule has 0 aromatic heterocycles. The molecule has 184 valence electrons. The molecule has 0 N–H and O–H groups in total. The monoisotopic (exact) mass is 500 g/mol. The average molecular weight is 501 g/mol. The van der Waals surface area contributed by atoms with Crippen molar-refractivity contribution in [3.05, 3.63) is 157 Å². The molecular formula is C38H25F. The molecule has 0 radical (unpaired) electrons. The molecule has 7 aromatic carbocycles. The minimum absolute atomic E-state index is 0.216. The molecule has 7 rings (SSSR count). The Labute approximate surface area is 227 Å². The van der Waals surface area contributed by atoms with Crippen molar-refractivity contribution in [2.24, 2.45) is 0 Å². The molecule has 0 saturated heterocycles. The fourth-order valence-corrected chi connectivity index (χ4v) is 5.42. The smallest absolute Gasteiger partial charge is 0.123 e. The first-order chi connectivity index (χ1) is 19.2. The first-order valence-corrected chi connectivity index (χ1v) is 13.2. The zero-order valence-corrected chi connectivity index (χ0v) is 21.3. The van der Waals surface area contributed by atoms with Crippen LogP contribution in [0.25, 0.3) is 66.1 Å². The lowest BCUT2D eigenvalue weighted by Crippen LogP contribution is -1.84. The van der Waals surface area contributed by atoms with Crippen LogP contribution in [0.4, 0.5) is 4.39 Å². The van der Waals surface area contributed by atoms with Crippen LogP contribution in [0.3, 0.4) is 0 Å². The predicted octanol–water partition coefficient (Wildman–Crippen LogP) is 10.8. The van der Waals surface area contributed by atoms with E-state index < -0.39 is 0 Å². The number of hydrogen-bond donors (Lipinski definition) is 0. The van der Waals surface area contributed by atoms with Crippen LogP contribution in [-0.4, -0.2) is 0 Å². The van der Waals surface area contributed by atoms with Crippen molar-refractivity contribution in [2.75, 3.05) is 0 Å². The Morgan fingerprint density at radius 2 is 0.769 bits per heavy atom. The maximum atomic E-state index is 13.3. The third kappa shape index (κ3) is 4.49. The maximum absolute atomic E-state index is 13.3. The Hall–Kier alpha value is -5.01. The summed E-state index contributed by atoms with van der Waals surface area (Å²) in [5.74, 6) is -0.216. The molecule has 0 bridgehead atoms. The molecule has 7 aromatic rings. The topological polar surface area (TPSA) is 0 Å². The largest absolute Gasteiger partial charge is 0.207 e. The van der Waals surface area contributed by atoms with E-state index in [0.717, 1.165) is 16.7 Å². The molecule has 0 saturated carbocycles. The number of hydrogen-bond acceptors (Lipinski definition) is 0. The van der Waals surface area contributed by atoms with Gasteiger partial charge in [-0.1, -0.05) is 127 Å². The first kappa shape index (κ1) is 23.1. The highest BCUT2D eigenvalue weighted by Crippen LogP contribution is 2.33. The van der Waals surface area contributed by atoms with Crippen LogP contribution in [0.2, 0.25) is 0 Å².